The molecular formula is C20H24FNO2. The van der Waals surface area contributed by atoms with Crippen LogP contribution in [0.4, 0.5) is 4.39 Å². The molecule has 0 aliphatic carbocycles. The van der Waals surface area contributed by atoms with Crippen LogP contribution < -0.4 is 10.1 Å². The summed E-state index contributed by atoms with van der Waals surface area (Å²) in [5.74, 6) is -0.0508. The molecule has 3 nitrogen and oxygen atoms in total. The molecule has 2 rings (SSSR count). The van der Waals surface area contributed by atoms with Crippen molar-refractivity contribution in [1.82, 2.24) is 5.32 Å². The molecule has 0 aromatic heterocycles. The van der Waals surface area contributed by atoms with Crippen molar-refractivity contribution < 1.29 is 13.9 Å². The van der Waals surface area contributed by atoms with E-state index in [0.29, 0.717) is 5.75 Å². The summed E-state index contributed by atoms with van der Waals surface area (Å²) >= 11 is 0. The minimum absolute atomic E-state index is 0.0580. The van der Waals surface area contributed by atoms with Crippen molar-refractivity contribution in [1.29, 1.82) is 0 Å². The standard InChI is InChI=1S/C20H24FNO2/c1-5-19(18-11-6-13(2)12-14(18)3)22-20(23)15(4)24-17-9-7-16(21)8-10-17/h6-12,15,19H,5H2,1-4H3,(H,22,23)/t15-,19-/m1/s1. The number of nitrogens with one attached hydrogen (secondary N) is 1. The van der Waals surface area contributed by atoms with Crippen molar-refractivity contribution >= 4 is 5.91 Å². The fourth-order valence-corrected chi connectivity index (χ4v) is 2.68. The quantitative estimate of drug-likeness (QED) is 0.849. The highest BCUT2D eigenvalue weighted by Crippen LogP contribution is 2.22. The third-order valence-corrected chi connectivity index (χ3v) is 4.02. The third-order valence-electron chi connectivity index (χ3n) is 4.02. The molecule has 2 aromatic carbocycles. The van der Waals surface area contributed by atoms with E-state index in [1.165, 1.54) is 29.8 Å². The van der Waals surface area contributed by atoms with Crippen LogP contribution in [0.25, 0.3) is 0 Å². The van der Waals surface area contributed by atoms with Gasteiger partial charge >= 0.3 is 0 Å². The number of ether oxygens (including phenoxy) is 1. The molecule has 128 valence electrons. The van der Waals surface area contributed by atoms with E-state index in [1.807, 2.05) is 6.92 Å². The van der Waals surface area contributed by atoms with Crippen molar-refractivity contribution in [3.63, 3.8) is 0 Å². The van der Waals surface area contributed by atoms with Gasteiger partial charge in [-0.05, 0) is 62.6 Å². The van der Waals surface area contributed by atoms with Gasteiger partial charge in [-0.2, -0.15) is 0 Å². The van der Waals surface area contributed by atoms with Gasteiger partial charge in [0.1, 0.15) is 11.6 Å². The summed E-state index contributed by atoms with van der Waals surface area (Å²) in [6.45, 7) is 7.83. The number of hydrogen-bond donors (Lipinski definition) is 1. The average molecular weight is 329 g/mol. The number of carbonyl (C=O) groups is 1. The second kappa shape index (κ2) is 7.95. The van der Waals surface area contributed by atoms with Crippen LogP contribution in [-0.4, -0.2) is 12.0 Å². The monoisotopic (exact) mass is 329 g/mol. The molecule has 0 fully saturated rings. The van der Waals surface area contributed by atoms with Crippen molar-refractivity contribution in [2.45, 2.75) is 46.3 Å². The number of aryl methyl sites for hydroxylation is 2. The first kappa shape index (κ1) is 18.0. The molecule has 0 saturated carbocycles. The van der Waals surface area contributed by atoms with Gasteiger partial charge in [0.15, 0.2) is 6.10 Å². The van der Waals surface area contributed by atoms with Gasteiger partial charge in [0.05, 0.1) is 6.04 Å². The zero-order valence-corrected chi connectivity index (χ0v) is 14.6. The predicted octanol–water partition coefficient (Wildman–Crippen LogP) is 4.48. The Morgan fingerprint density at radius 1 is 1.17 bits per heavy atom. The molecule has 0 spiro atoms. The van der Waals surface area contributed by atoms with Crippen LogP contribution in [0.5, 0.6) is 5.75 Å². The molecule has 0 saturated heterocycles. The first-order valence-corrected chi connectivity index (χ1v) is 8.20. The second-order valence-corrected chi connectivity index (χ2v) is 6.04. The average Bonchev–Trinajstić information content (AvgIpc) is 2.55. The topological polar surface area (TPSA) is 38.3 Å². The van der Waals surface area contributed by atoms with Crippen LogP contribution in [-0.2, 0) is 4.79 Å². The van der Waals surface area contributed by atoms with Gasteiger partial charge in [0.25, 0.3) is 5.91 Å². The minimum Gasteiger partial charge on any atom is -0.481 e. The highest BCUT2D eigenvalue weighted by molar-refractivity contribution is 5.81. The maximum Gasteiger partial charge on any atom is 0.261 e. The lowest BCUT2D eigenvalue weighted by Gasteiger charge is -2.22. The van der Waals surface area contributed by atoms with Gasteiger partial charge in [0.2, 0.25) is 0 Å². The molecular weight excluding hydrogens is 305 g/mol. The van der Waals surface area contributed by atoms with Crippen LogP contribution in [0.2, 0.25) is 0 Å². The molecule has 0 radical (unpaired) electrons. The number of amides is 1. The lowest BCUT2D eigenvalue weighted by atomic mass is 9.97. The smallest absolute Gasteiger partial charge is 0.261 e. The van der Waals surface area contributed by atoms with Gasteiger partial charge in [0, 0.05) is 0 Å². The molecule has 1 amide bonds. The molecule has 0 heterocycles. The molecule has 2 aromatic rings. The highest BCUT2D eigenvalue weighted by atomic mass is 19.1. The molecule has 0 unspecified atom stereocenters. The Hall–Kier alpha value is -2.36. The maximum atomic E-state index is 12.9. The number of hydrogen-bond acceptors (Lipinski definition) is 2. The third kappa shape index (κ3) is 4.57. The van der Waals surface area contributed by atoms with Crippen LogP contribution in [0.15, 0.2) is 42.5 Å². The SMILES string of the molecule is CC[C@@H](NC(=O)[C@@H](C)Oc1ccc(F)cc1)c1ccc(C)cc1C. The van der Waals surface area contributed by atoms with E-state index in [2.05, 4.69) is 37.4 Å². The molecule has 1 N–H and O–H groups in total. The van der Waals surface area contributed by atoms with E-state index < -0.39 is 6.10 Å². The summed E-state index contributed by atoms with van der Waals surface area (Å²) < 4.78 is 18.5. The van der Waals surface area contributed by atoms with Crippen LogP contribution >= 0.6 is 0 Å². The first-order chi connectivity index (χ1) is 11.4. The lowest BCUT2D eigenvalue weighted by Crippen LogP contribution is -2.38. The Bertz CT molecular complexity index is 697. The van der Waals surface area contributed by atoms with Gasteiger partial charge in [-0.15, -0.1) is 0 Å². The Kier molecular flexibility index (Phi) is 5.96. The van der Waals surface area contributed by atoms with E-state index in [0.717, 1.165) is 17.5 Å². The van der Waals surface area contributed by atoms with Crippen LogP contribution in [0.3, 0.4) is 0 Å². The highest BCUT2D eigenvalue weighted by Gasteiger charge is 2.20. The summed E-state index contributed by atoms with van der Waals surface area (Å²) in [6, 6.07) is 11.8. The number of carbonyl (C=O) groups excluding carboxylic acids is 1. The molecule has 0 aliphatic rings. The molecule has 2 atom stereocenters. The fourth-order valence-electron chi connectivity index (χ4n) is 2.68. The van der Waals surface area contributed by atoms with E-state index in [1.54, 1.807) is 6.92 Å². The second-order valence-electron chi connectivity index (χ2n) is 6.04. The number of rotatable bonds is 6. The van der Waals surface area contributed by atoms with E-state index in [4.69, 9.17) is 4.74 Å². The Morgan fingerprint density at radius 3 is 2.42 bits per heavy atom. The molecule has 24 heavy (non-hydrogen) atoms. The summed E-state index contributed by atoms with van der Waals surface area (Å²) in [5, 5.41) is 3.04. The van der Waals surface area contributed by atoms with Gasteiger partial charge < -0.3 is 10.1 Å². The lowest BCUT2D eigenvalue weighted by molar-refractivity contribution is -0.128. The Balaban J connectivity index is 2.04. The molecule has 4 heteroatoms. The van der Waals surface area contributed by atoms with Crippen molar-refractivity contribution in [2.24, 2.45) is 0 Å². The number of benzene rings is 2. The summed E-state index contributed by atoms with van der Waals surface area (Å²) in [7, 11) is 0. The zero-order valence-electron chi connectivity index (χ0n) is 14.6. The Labute approximate surface area is 142 Å². The van der Waals surface area contributed by atoms with E-state index in [9.17, 15) is 9.18 Å². The normalized spacial score (nSPS) is 13.2. The minimum atomic E-state index is -0.657. The van der Waals surface area contributed by atoms with E-state index in [-0.39, 0.29) is 17.8 Å². The van der Waals surface area contributed by atoms with Crippen molar-refractivity contribution in [2.75, 3.05) is 0 Å². The molecule has 0 bridgehead atoms. The zero-order chi connectivity index (χ0) is 17.7. The van der Waals surface area contributed by atoms with Gasteiger partial charge in [-0.25, -0.2) is 4.39 Å². The largest absolute Gasteiger partial charge is 0.481 e. The van der Waals surface area contributed by atoms with Crippen molar-refractivity contribution in [3.05, 3.63) is 65.0 Å². The van der Waals surface area contributed by atoms with Gasteiger partial charge in [-0.1, -0.05) is 30.7 Å². The maximum absolute atomic E-state index is 12.9. The summed E-state index contributed by atoms with van der Waals surface area (Å²) in [5.41, 5.74) is 3.48. The Morgan fingerprint density at radius 2 is 1.83 bits per heavy atom. The fraction of sp³-hybridized carbons (Fsp3) is 0.350. The van der Waals surface area contributed by atoms with Crippen molar-refractivity contribution in [3.8, 4) is 5.75 Å². The van der Waals surface area contributed by atoms with E-state index >= 15 is 0 Å². The summed E-state index contributed by atoms with van der Waals surface area (Å²) in [4.78, 5) is 12.4. The van der Waals surface area contributed by atoms with Crippen LogP contribution in [0, 0.1) is 19.7 Å². The predicted molar refractivity (Wildman–Crippen MR) is 93.6 cm³/mol. The summed E-state index contributed by atoms with van der Waals surface area (Å²) in [6.07, 6.45) is 0.133. The molecule has 0 aliphatic heterocycles. The van der Waals surface area contributed by atoms with Gasteiger partial charge in [-0.3, -0.25) is 4.79 Å². The number of halogens is 1. The first-order valence-electron chi connectivity index (χ1n) is 8.20. The van der Waals surface area contributed by atoms with Crippen LogP contribution in [0.1, 0.15) is 43.0 Å².